The molecule has 6 heteroatoms. The van der Waals surface area contributed by atoms with Gasteiger partial charge in [0.1, 0.15) is 5.82 Å². The van der Waals surface area contributed by atoms with Crippen LogP contribution in [0.3, 0.4) is 0 Å². The molecule has 6 nitrogen and oxygen atoms in total. The van der Waals surface area contributed by atoms with Crippen molar-refractivity contribution in [3.05, 3.63) is 72.4 Å². The SMILES string of the molecule is CC(=O)c1ccc(Nc2ccnc(N3CCN(c4ccccc4)CC3)n2)cc1. The van der Waals surface area contributed by atoms with Gasteiger partial charge < -0.3 is 15.1 Å². The Kier molecular flexibility index (Phi) is 5.19. The largest absolute Gasteiger partial charge is 0.368 e. The molecule has 0 amide bonds. The minimum Gasteiger partial charge on any atom is -0.368 e. The lowest BCUT2D eigenvalue weighted by molar-refractivity contribution is 0.101. The first-order valence-corrected chi connectivity index (χ1v) is 9.45. The van der Waals surface area contributed by atoms with Gasteiger partial charge in [-0.3, -0.25) is 4.79 Å². The van der Waals surface area contributed by atoms with Crippen molar-refractivity contribution in [3.63, 3.8) is 0 Å². The molecule has 2 aromatic carbocycles. The summed E-state index contributed by atoms with van der Waals surface area (Å²) in [5.74, 6) is 1.54. The third kappa shape index (κ3) is 4.11. The molecule has 0 bridgehead atoms. The van der Waals surface area contributed by atoms with Crippen molar-refractivity contribution in [3.8, 4) is 0 Å². The van der Waals surface area contributed by atoms with Gasteiger partial charge in [0.25, 0.3) is 0 Å². The summed E-state index contributed by atoms with van der Waals surface area (Å²) in [5, 5.41) is 3.28. The van der Waals surface area contributed by atoms with E-state index in [1.54, 1.807) is 13.1 Å². The zero-order valence-electron chi connectivity index (χ0n) is 15.9. The first-order valence-electron chi connectivity index (χ1n) is 9.45. The van der Waals surface area contributed by atoms with E-state index in [-0.39, 0.29) is 5.78 Å². The highest BCUT2D eigenvalue weighted by Crippen LogP contribution is 2.20. The molecule has 1 N–H and O–H groups in total. The number of benzene rings is 2. The van der Waals surface area contributed by atoms with Gasteiger partial charge in [0, 0.05) is 49.3 Å². The van der Waals surface area contributed by atoms with Crippen LogP contribution < -0.4 is 15.1 Å². The molecular formula is C22H23N5O. The summed E-state index contributed by atoms with van der Waals surface area (Å²) >= 11 is 0. The Hall–Kier alpha value is -3.41. The van der Waals surface area contributed by atoms with E-state index >= 15 is 0 Å². The van der Waals surface area contributed by atoms with Crippen molar-refractivity contribution in [2.24, 2.45) is 0 Å². The van der Waals surface area contributed by atoms with Crippen LogP contribution in [-0.4, -0.2) is 41.9 Å². The number of hydrogen-bond acceptors (Lipinski definition) is 6. The van der Waals surface area contributed by atoms with Crippen LogP contribution in [0.15, 0.2) is 66.9 Å². The van der Waals surface area contributed by atoms with E-state index in [0.29, 0.717) is 5.56 Å². The molecule has 1 aliphatic heterocycles. The summed E-state index contributed by atoms with van der Waals surface area (Å²) in [5.41, 5.74) is 2.85. The molecule has 142 valence electrons. The third-order valence-electron chi connectivity index (χ3n) is 4.89. The third-order valence-corrected chi connectivity index (χ3v) is 4.89. The van der Waals surface area contributed by atoms with Gasteiger partial charge in [-0.25, -0.2) is 4.98 Å². The molecule has 1 fully saturated rings. The topological polar surface area (TPSA) is 61.4 Å². The van der Waals surface area contributed by atoms with Crippen molar-refractivity contribution in [1.29, 1.82) is 0 Å². The number of aromatic nitrogens is 2. The zero-order chi connectivity index (χ0) is 19.3. The highest BCUT2D eigenvalue weighted by atomic mass is 16.1. The van der Waals surface area contributed by atoms with Gasteiger partial charge in [0.05, 0.1) is 0 Å². The first-order chi connectivity index (χ1) is 13.7. The number of para-hydroxylation sites is 1. The number of hydrogen-bond donors (Lipinski definition) is 1. The zero-order valence-corrected chi connectivity index (χ0v) is 15.9. The lowest BCUT2D eigenvalue weighted by Crippen LogP contribution is -2.47. The van der Waals surface area contributed by atoms with Crippen LogP contribution in [0.2, 0.25) is 0 Å². The molecular weight excluding hydrogens is 350 g/mol. The second kappa shape index (κ2) is 8.08. The fourth-order valence-corrected chi connectivity index (χ4v) is 3.31. The Morgan fingerprint density at radius 3 is 2.25 bits per heavy atom. The van der Waals surface area contributed by atoms with Gasteiger partial charge in [-0.2, -0.15) is 4.98 Å². The molecule has 4 rings (SSSR count). The molecule has 0 atom stereocenters. The smallest absolute Gasteiger partial charge is 0.227 e. The minimum absolute atomic E-state index is 0.0607. The molecule has 0 unspecified atom stereocenters. The molecule has 3 aromatic rings. The molecule has 1 aromatic heterocycles. The molecule has 0 radical (unpaired) electrons. The monoisotopic (exact) mass is 373 g/mol. The van der Waals surface area contributed by atoms with Gasteiger partial charge in [0.15, 0.2) is 5.78 Å². The molecule has 1 saturated heterocycles. The van der Waals surface area contributed by atoms with Crippen molar-refractivity contribution in [2.45, 2.75) is 6.92 Å². The predicted octanol–water partition coefficient (Wildman–Crippen LogP) is 3.75. The van der Waals surface area contributed by atoms with Crippen molar-refractivity contribution < 1.29 is 4.79 Å². The highest BCUT2D eigenvalue weighted by molar-refractivity contribution is 5.94. The number of carbonyl (C=O) groups is 1. The van der Waals surface area contributed by atoms with Crippen LogP contribution in [0, 0.1) is 0 Å². The second-order valence-electron chi connectivity index (χ2n) is 6.81. The van der Waals surface area contributed by atoms with Gasteiger partial charge in [0.2, 0.25) is 5.95 Å². The summed E-state index contributed by atoms with van der Waals surface area (Å²) in [6, 6.07) is 19.7. The number of nitrogens with zero attached hydrogens (tertiary/aromatic N) is 4. The quantitative estimate of drug-likeness (QED) is 0.688. The number of rotatable bonds is 5. The first kappa shape index (κ1) is 18.0. The maximum Gasteiger partial charge on any atom is 0.227 e. The van der Waals surface area contributed by atoms with Gasteiger partial charge in [-0.15, -0.1) is 0 Å². The minimum atomic E-state index is 0.0607. The average Bonchev–Trinajstić information content (AvgIpc) is 2.75. The number of piperazine rings is 1. The Labute approximate surface area is 164 Å². The number of nitrogens with one attached hydrogen (secondary N) is 1. The average molecular weight is 373 g/mol. The van der Waals surface area contributed by atoms with Crippen LogP contribution in [-0.2, 0) is 0 Å². The normalized spacial score (nSPS) is 14.0. The Morgan fingerprint density at radius 2 is 1.57 bits per heavy atom. The number of anilines is 4. The second-order valence-corrected chi connectivity index (χ2v) is 6.81. The Morgan fingerprint density at radius 1 is 0.893 bits per heavy atom. The van der Waals surface area contributed by atoms with Gasteiger partial charge >= 0.3 is 0 Å². The van der Waals surface area contributed by atoms with E-state index in [1.165, 1.54) is 5.69 Å². The molecule has 28 heavy (non-hydrogen) atoms. The molecule has 0 saturated carbocycles. The lowest BCUT2D eigenvalue weighted by Gasteiger charge is -2.36. The van der Waals surface area contributed by atoms with Crippen molar-refractivity contribution in [1.82, 2.24) is 9.97 Å². The summed E-state index contributed by atoms with van der Waals surface area (Å²) < 4.78 is 0. The highest BCUT2D eigenvalue weighted by Gasteiger charge is 2.19. The molecule has 2 heterocycles. The molecule has 0 aliphatic carbocycles. The fourth-order valence-electron chi connectivity index (χ4n) is 3.31. The number of ketones is 1. The summed E-state index contributed by atoms with van der Waals surface area (Å²) in [6.07, 6.45) is 1.78. The van der Waals surface area contributed by atoms with Gasteiger partial charge in [-0.1, -0.05) is 18.2 Å². The van der Waals surface area contributed by atoms with Crippen LogP contribution in [0.1, 0.15) is 17.3 Å². The van der Waals surface area contributed by atoms with E-state index in [1.807, 2.05) is 36.4 Å². The van der Waals surface area contributed by atoms with Crippen LogP contribution >= 0.6 is 0 Å². The van der Waals surface area contributed by atoms with E-state index in [4.69, 9.17) is 0 Å². The summed E-state index contributed by atoms with van der Waals surface area (Å²) in [4.78, 5) is 25.1. The lowest BCUT2D eigenvalue weighted by atomic mass is 10.1. The maximum absolute atomic E-state index is 11.4. The number of Topliss-reactive ketones (excluding diaryl/α,β-unsaturated/α-hetero) is 1. The van der Waals surface area contributed by atoms with Crippen LogP contribution in [0.5, 0.6) is 0 Å². The summed E-state index contributed by atoms with van der Waals surface area (Å²) in [7, 11) is 0. The van der Waals surface area contributed by atoms with E-state index in [0.717, 1.165) is 43.6 Å². The van der Waals surface area contributed by atoms with Crippen LogP contribution in [0.4, 0.5) is 23.1 Å². The van der Waals surface area contributed by atoms with E-state index in [2.05, 4.69) is 49.4 Å². The van der Waals surface area contributed by atoms with E-state index in [9.17, 15) is 4.79 Å². The Balaban J connectivity index is 1.41. The number of carbonyl (C=O) groups excluding carboxylic acids is 1. The summed E-state index contributed by atoms with van der Waals surface area (Å²) in [6.45, 7) is 5.21. The Bertz CT molecular complexity index is 935. The standard InChI is InChI=1S/C22H23N5O/c1-17(28)18-7-9-19(10-8-18)24-21-11-12-23-22(25-21)27-15-13-26(14-16-27)20-5-3-2-4-6-20/h2-12H,13-16H2,1H3,(H,23,24,25). The van der Waals surface area contributed by atoms with Crippen molar-refractivity contribution in [2.75, 3.05) is 41.3 Å². The molecule has 0 spiro atoms. The fraction of sp³-hybridized carbons (Fsp3) is 0.227. The predicted molar refractivity (Wildman–Crippen MR) is 113 cm³/mol. The van der Waals surface area contributed by atoms with Gasteiger partial charge in [-0.05, 0) is 49.4 Å². The van der Waals surface area contributed by atoms with E-state index < -0.39 is 0 Å². The van der Waals surface area contributed by atoms with Crippen molar-refractivity contribution >= 4 is 28.9 Å². The molecule has 1 aliphatic rings. The van der Waals surface area contributed by atoms with Crippen LogP contribution in [0.25, 0.3) is 0 Å². The maximum atomic E-state index is 11.4.